The second-order valence-electron chi connectivity index (χ2n) is 6.29. The number of thiazole rings is 1. The summed E-state index contributed by atoms with van der Waals surface area (Å²) in [7, 11) is 0. The van der Waals surface area contributed by atoms with Crippen LogP contribution in [0, 0.1) is 0 Å². The van der Waals surface area contributed by atoms with Crippen molar-refractivity contribution in [3.8, 4) is 0 Å². The fraction of sp³-hybridized carbons (Fsp3) is 0.450. The molecule has 2 heterocycles. The van der Waals surface area contributed by atoms with Crippen LogP contribution in [-0.2, 0) is 19.4 Å². The van der Waals surface area contributed by atoms with Gasteiger partial charge < -0.3 is 15.2 Å². The van der Waals surface area contributed by atoms with Crippen LogP contribution in [0.5, 0.6) is 0 Å². The maximum atomic E-state index is 4.69. The Morgan fingerprint density at radius 3 is 2.82 bits per heavy atom. The van der Waals surface area contributed by atoms with E-state index in [2.05, 4.69) is 56.1 Å². The maximum absolute atomic E-state index is 4.69. The van der Waals surface area contributed by atoms with Crippen LogP contribution in [0.15, 0.2) is 41.8 Å². The van der Waals surface area contributed by atoms with E-state index < -0.39 is 0 Å². The third-order valence-corrected chi connectivity index (χ3v) is 5.48. The highest BCUT2D eigenvalue weighted by Gasteiger charge is 2.03. The number of aliphatic imine (C=N–C) groups is 1. The summed E-state index contributed by atoms with van der Waals surface area (Å²) >= 11 is 1.80. The molecule has 2 N–H and O–H groups in total. The number of fused-ring (bicyclic) bond motifs is 1. The lowest BCUT2D eigenvalue weighted by Gasteiger charge is -2.10. The Morgan fingerprint density at radius 2 is 2.04 bits per heavy atom. The van der Waals surface area contributed by atoms with Crippen molar-refractivity contribution in [2.45, 2.75) is 39.7 Å². The molecule has 3 rings (SSSR count). The molecule has 2 aromatic heterocycles. The van der Waals surface area contributed by atoms with E-state index in [9.17, 15) is 0 Å². The van der Waals surface area contributed by atoms with E-state index in [0.29, 0.717) is 0 Å². The van der Waals surface area contributed by atoms with Gasteiger partial charge >= 0.3 is 0 Å². The number of rotatable bonds is 9. The van der Waals surface area contributed by atoms with Crippen LogP contribution in [-0.4, -0.2) is 40.1 Å². The average molecular weight is 512 g/mol. The van der Waals surface area contributed by atoms with Gasteiger partial charge in [-0.3, -0.25) is 4.99 Å². The number of para-hydroxylation sites is 2. The summed E-state index contributed by atoms with van der Waals surface area (Å²) in [6.45, 7) is 7.65. The monoisotopic (exact) mass is 512 g/mol. The zero-order valence-electron chi connectivity index (χ0n) is 16.5. The quantitative estimate of drug-likeness (QED) is 0.198. The number of aromatic nitrogens is 3. The highest BCUT2D eigenvalue weighted by molar-refractivity contribution is 14.0. The van der Waals surface area contributed by atoms with Gasteiger partial charge in [-0.25, -0.2) is 9.97 Å². The minimum atomic E-state index is 0. The van der Waals surface area contributed by atoms with E-state index in [1.54, 1.807) is 11.3 Å². The minimum absolute atomic E-state index is 0. The second kappa shape index (κ2) is 12.0. The fourth-order valence-electron chi connectivity index (χ4n) is 2.88. The van der Waals surface area contributed by atoms with Gasteiger partial charge in [0.15, 0.2) is 5.96 Å². The Labute approximate surface area is 187 Å². The normalized spacial score (nSPS) is 11.4. The smallest absolute Gasteiger partial charge is 0.191 e. The summed E-state index contributed by atoms with van der Waals surface area (Å²) in [5, 5.41) is 7.90. The molecule has 1 aromatic carbocycles. The van der Waals surface area contributed by atoms with Crippen LogP contribution in [0.4, 0.5) is 0 Å². The van der Waals surface area contributed by atoms with E-state index in [1.165, 1.54) is 15.4 Å². The van der Waals surface area contributed by atoms with Gasteiger partial charge in [-0.1, -0.05) is 19.1 Å². The lowest BCUT2D eigenvalue weighted by molar-refractivity contribution is 0.661. The molecular formula is C20H29IN6S. The van der Waals surface area contributed by atoms with Gasteiger partial charge in [0, 0.05) is 43.7 Å². The molecule has 0 aliphatic heterocycles. The van der Waals surface area contributed by atoms with Crippen LogP contribution in [0.2, 0.25) is 0 Å². The first-order valence-electron chi connectivity index (χ1n) is 9.65. The summed E-state index contributed by atoms with van der Waals surface area (Å²) in [6.07, 6.45) is 6.86. The lowest BCUT2D eigenvalue weighted by atomic mass is 10.3. The van der Waals surface area contributed by atoms with Crippen molar-refractivity contribution >= 4 is 52.3 Å². The van der Waals surface area contributed by atoms with Crippen molar-refractivity contribution in [3.05, 3.63) is 46.7 Å². The zero-order chi connectivity index (χ0) is 18.9. The van der Waals surface area contributed by atoms with Crippen LogP contribution in [0.25, 0.3) is 11.0 Å². The molecule has 0 aliphatic carbocycles. The molecule has 0 saturated carbocycles. The molecule has 6 nitrogen and oxygen atoms in total. The molecule has 8 heteroatoms. The predicted molar refractivity (Wildman–Crippen MR) is 129 cm³/mol. The van der Waals surface area contributed by atoms with E-state index in [-0.39, 0.29) is 24.0 Å². The number of guanidine groups is 1. The highest BCUT2D eigenvalue weighted by atomic mass is 127. The van der Waals surface area contributed by atoms with Gasteiger partial charge in [-0.2, -0.15) is 0 Å². The van der Waals surface area contributed by atoms with Gasteiger partial charge in [-0.05, 0) is 31.9 Å². The molecule has 0 saturated heterocycles. The molecule has 3 aromatic rings. The molecule has 0 bridgehead atoms. The van der Waals surface area contributed by atoms with E-state index in [0.717, 1.165) is 56.9 Å². The fourth-order valence-corrected chi connectivity index (χ4v) is 3.74. The van der Waals surface area contributed by atoms with Gasteiger partial charge in [-0.15, -0.1) is 35.3 Å². The first-order chi connectivity index (χ1) is 13.3. The van der Waals surface area contributed by atoms with Gasteiger partial charge in [0.05, 0.1) is 22.4 Å². The van der Waals surface area contributed by atoms with Crippen LogP contribution >= 0.6 is 35.3 Å². The first-order valence-corrected chi connectivity index (χ1v) is 10.5. The van der Waals surface area contributed by atoms with Crippen LogP contribution in [0.1, 0.15) is 30.2 Å². The average Bonchev–Trinajstić information content (AvgIpc) is 3.32. The summed E-state index contributed by atoms with van der Waals surface area (Å²) in [5.41, 5.74) is 2.23. The van der Waals surface area contributed by atoms with Gasteiger partial charge in [0.1, 0.15) is 0 Å². The number of halogens is 1. The van der Waals surface area contributed by atoms with Crippen molar-refractivity contribution in [3.63, 3.8) is 0 Å². The summed E-state index contributed by atoms with van der Waals surface area (Å²) in [4.78, 5) is 14.9. The largest absolute Gasteiger partial charge is 0.357 e. The molecule has 0 atom stereocenters. The van der Waals surface area contributed by atoms with E-state index >= 15 is 0 Å². The Kier molecular flexibility index (Phi) is 9.69. The molecule has 152 valence electrons. The molecule has 28 heavy (non-hydrogen) atoms. The minimum Gasteiger partial charge on any atom is -0.357 e. The number of hydrogen-bond donors (Lipinski definition) is 2. The van der Waals surface area contributed by atoms with Crippen molar-refractivity contribution in [2.24, 2.45) is 4.99 Å². The predicted octanol–water partition coefficient (Wildman–Crippen LogP) is 3.86. The Morgan fingerprint density at radius 1 is 1.18 bits per heavy atom. The number of nitrogens with zero attached hydrogens (tertiary/aromatic N) is 4. The third kappa shape index (κ3) is 6.44. The lowest BCUT2D eigenvalue weighted by Crippen LogP contribution is -2.38. The number of hydrogen-bond acceptors (Lipinski definition) is 4. The molecule has 0 radical (unpaired) electrons. The van der Waals surface area contributed by atoms with E-state index in [4.69, 9.17) is 0 Å². The van der Waals surface area contributed by atoms with Gasteiger partial charge in [0.25, 0.3) is 0 Å². The molecular weight excluding hydrogens is 483 g/mol. The summed E-state index contributed by atoms with van der Waals surface area (Å²) < 4.78 is 2.19. The molecule has 0 fully saturated rings. The van der Waals surface area contributed by atoms with Crippen molar-refractivity contribution in [1.82, 2.24) is 25.2 Å². The van der Waals surface area contributed by atoms with E-state index in [1.807, 2.05) is 24.7 Å². The van der Waals surface area contributed by atoms with Crippen molar-refractivity contribution < 1.29 is 0 Å². The van der Waals surface area contributed by atoms with Crippen molar-refractivity contribution in [2.75, 3.05) is 19.6 Å². The number of nitrogens with one attached hydrogen (secondary N) is 2. The molecule has 0 aliphatic rings. The first kappa shape index (κ1) is 22.6. The van der Waals surface area contributed by atoms with Crippen LogP contribution in [0.3, 0.4) is 0 Å². The Hall–Kier alpha value is -1.68. The topological polar surface area (TPSA) is 67.1 Å². The zero-order valence-corrected chi connectivity index (χ0v) is 19.7. The molecule has 0 amide bonds. The number of aryl methyl sites for hydroxylation is 2. The summed E-state index contributed by atoms with van der Waals surface area (Å²) in [5.74, 6) is 0.875. The Balaban J connectivity index is 0.00000280. The molecule has 0 spiro atoms. The highest BCUT2D eigenvalue weighted by Crippen LogP contribution is 2.13. The molecule has 0 unspecified atom stereocenters. The van der Waals surface area contributed by atoms with Crippen molar-refractivity contribution in [1.29, 1.82) is 0 Å². The van der Waals surface area contributed by atoms with Gasteiger partial charge in [0.2, 0.25) is 0 Å². The number of benzene rings is 1. The Bertz CT molecular complexity index is 872. The van der Waals surface area contributed by atoms with Crippen LogP contribution < -0.4 is 10.6 Å². The standard InChI is InChI=1S/C20H28N6S.HI/c1-3-16-14-24-19(27-16)10-12-23-20(21-4-2)22-11-7-13-26-15-25-17-8-5-6-9-18(17)26;/h5-6,8-9,14-15H,3-4,7,10-13H2,1-2H3,(H2,21,22,23);1H. The maximum Gasteiger partial charge on any atom is 0.191 e. The summed E-state index contributed by atoms with van der Waals surface area (Å²) in [6, 6.07) is 8.23. The SMILES string of the molecule is CCNC(=NCCCn1cnc2ccccc21)NCCc1ncc(CC)s1.I. The third-order valence-electron chi connectivity index (χ3n) is 4.28. The number of imidazole rings is 1. The second-order valence-corrected chi connectivity index (χ2v) is 7.49.